The van der Waals surface area contributed by atoms with E-state index >= 15 is 0 Å². The van der Waals surface area contributed by atoms with Gasteiger partial charge in [0, 0.05) is 53.5 Å². The molecule has 0 radical (unpaired) electrons. The van der Waals surface area contributed by atoms with Crippen LogP contribution in [0.1, 0.15) is 78.2 Å². The Morgan fingerprint density at radius 2 is 1.53 bits per heavy atom. The van der Waals surface area contributed by atoms with Crippen LogP contribution in [-0.2, 0) is 14.4 Å². The van der Waals surface area contributed by atoms with Crippen molar-refractivity contribution in [2.24, 2.45) is 10.8 Å². The fourth-order valence-electron chi connectivity index (χ4n) is 6.78. The second kappa shape index (κ2) is 11.9. The average molecular weight is 650 g/mol. The largest absolute Gasteiger partial charge is 0.493 e. The molecule has 2 aromatic carbocycles. The summed E-state index contributed by atoms with van der Waals surface area (Å²) >= 11 is 3.65. The molecule has 0 unspecified atom stereocenters. The van der Waals surface area contributed by atoms with E-state index in [0.717, 1.165) is 53.9 Å². The Morgan fingerprint density at radius 1 is 0.953 bits per heavy atom. The van der Waals surface area contributed by atoms with Gasteiger partial charge in [-0.15, -0.1) is 0 Å². The second-order valence-electron chi connectivity index (χ2n) is 13.4. The molecule has 1 N–H and O–H groups in total. The minimum atomic E-state index is -0.495. The molecule has 2 aliphatic carbocycles. The van der Waals surface area contributed by atoms with Gasteiger partial charge in [-0.25, -0.2) is 0 Å². The third-order valence-electron chi connectivity index (χ3n) is 8.46. The van der Waals surface area contributed by atoms with Gasteiger partial charge >= 0.3 is 0 Å². The van der Waals surface area contributed by atoms with E-state index in [0.29, 0.717) is 34.5 Å². The number of amides is 1. The summed E-state index contributed by atoms with van der Waals surface area (Å²) in [6.45, 7) is 11.3. The third kappa shape index (κ3) is 6.30. The predicted octanol–water partition coefficient (Wildman–Crippen LogP) is 7.57. The summed E-state index contributed by atoms with van der Waals surface area (Å²) in [6.07, 6.45) is 3.31. The number of carbonyl (C=O) groups is 3. The van der Waals surface area contributed by atoms with Crippen molar-refractivity contribution in [3.05, 3.63) is 75.0 Å². The fourth-order valence-corrected chi connectivity index (χ4v) is 7.35. The Kier molecular flexibility index (Phi) is 8.63. The Bertz CT molecular complexity index is 1470. The quantitative estimate of drug-likeness (QED) is 0.318. The van der Waals surface area contributed by atoms with Gasteiger partial charge in [-0.2, -0.15) is 0 Å². The number of anilines is 1. The zero-order valence-corrected chi connectivity index (χ0v) is 27.5. The monoisotopic (exact) mass is 648 g/mol. The highest BCUT2D eigenvalue weighted by Gasteiger charge is 2.49. The van der Waals surface area contributed by atoms with Gasteiger partial charge in [0.1, 0.15) is 0 Å². The summed E-state index contributed by atoms with van der Waals surface area (Å²) in [5, 5.41) is 2.82. The molecule has 228 valence electrons. The van der Waals surface area contributed by atoms with Gasteiger partial charge in [-0.05, 0) is 75.9 Å². The maximum absolute atomic E-state index is 14.0. The van der Waals surface area contributed by atoms with Crippen LogP contribution in [0.25, 0.3) is 0 Å². The number of nitrogens with zero attached hydrogens (tertiary/aromatic N) is 1. The van der Waals surface area contributed by atoms with Crippen molar-refractivity contribution in [2.45, 2.75) is 72.6 Å². The maximum atomic E-state index is 14.0. The first-order chi connectivity index (χ1) is 20.3. The molecule has 1 heterocycles. The highest BCUT2D eigenvalue weighted by Crippen LogP contribution is 2.55. The lowest BCUT2D eigenvalue weighted by Gasteiger charge is -2.49. The highest BCUT2D eigenvalue weighted by molar-refractivity contribution is 9.10. The van der Waals surface area contributed by atoms with E-state index in [-0.39, 0.29) is 34.9 Å². The van der Waals surface area contributed by atoms with Crippen LogP contribution >= 0.6 is 15.9 Å². The molecular weight excluding hydrogens is 608 g/mol. The molecular formula is C35H41BrN2O5. The van der Waals surface area contributed by atoms with E-state index in [9.17, 15) is 14.4 Å². The summed E-state index contributed by atoms with van der Waals surface area (Å²) < 4.78 is 12.3. The van der Waals surface area contributed by atoms with E-state index in [2.05, 4.69) is 60.8 Å². The topological polar surface area (TPSA) is 84.9 Å². The smallest absolute Gasteiger partial charge is 0.262 e. The van der Waals surface area contributed by atoms with Crippen LogP contribution in [-0.4, -0.2) is 42.6 Å². The number of Topliss-reactive ketones (excluding diaryl/α,β-unsaturated/α-hetero) is 2. The number of ketones is 2. The predicted molar refractivity (Wildman–Crippen MR) is 171 cm³/mol. The maximum Gasteiger partial charge on any atom is 0.262 e. The molecule has 0 saturated carbocycles. The Morgan fingerprint density at radius 3 is 2.07 bits per heavy atom. The number of methoxy groups -OCH3 is 1. The van der Waals surface area contributed by atoms with Crippen molar-refractivity contribution in [3.8, 4) is 11.5 Å². The molecule has 5 rings (SSSR count). The van der Waals surface area contributed by atoms with Gasteiger partial charge in [0.15, 0.2) is 29.7 Å². The summed E-state index contributed by atoms with van der Waals surface area (Å²) in [5.41, 5.74) is 4.68. The van der Waals surface area contributed by atoms with Crippen LogP contribution in [0.3, 0.4) is 0 Å². The van der Waals surface area contributed by atoms with Gasteiger partial charge in [0.05, 0.1) is 11.6 Å². The number of ether oxygens (including phenoxy) is 2. The van der Waals surface area contributed by atoms with E-state index in [4.69, 9.17) is 9.47 Å². The second-order valence-corrected chi connectivity index (χ2v) is 14.3. The lowest BCUT2D eigenvalue weighted by molar-refractivity contribution is -0.120. The lowest BCUT2D eigenvalue weighted by Crippen LogP contribution is -2.44. The summed E-state index contributed by atoms with van der Waals surface area (Å²) in [6, 6.07) is 12.9. The zero-order chi connectivity index (χ0) is 31.1. The van der Waals surface area contributed by atoms with Crippen molar-refractivity contribution in [1.29, 1.82) is 0 Å². The molecule has 0 fully saturated rings. The van der Waals surface area contributed by atoms with Crippen LogP contribution in [0.2, 0.25) is 0 Å². The van der Waals surface area contributed by atoms with Gasteiger partial charge in [0.2, 0.25) is 0 Å². The van der Waals surface area contributed by atoms with Crippen molar-refractivity contribution < 1.29 is 23.9 Å². The first kappa shape index (κ1) is 31.0. The van der Waals surface area contributed by atoms with E-state index in [1.165, 1.54) is 0 Å². The van der Waals surface area contributed by atoms with Crippen molar-refractivity contribution >= 4 is 39.1 Å². The summed E-state index contributed by atoms with van der Waals surface area (Å²) in [4.78, 5) is 42.9. The highest BCUT2D eigenvalue weighted by atomic mass is 79.9. The molecule has 43 heavy (non-hydrogen) atoms. The number of hydrogen-bond donors (Lipinski definition) is 1. The molecule has 0 bridgehead atoms. The van der Waals surface area contributed by atoms with Crippen molar-refractivity contribution in [1.82, 2.24) is 4.90 Å². The molecule has 3 aliphatic rings. The number of hydrogen-bond acceptors (Lipinski definition) is 6. The van der Waals surface area contributed by atoms with Crippen LogP contribution in [0.5, 0.6) is 11.5 Å². The first-order valence-electron chi connectivity index (χ1n) is 15.0. The van der Waals surface area contributed by atoms with Crippen LogP contribution < -0.4 is 14.8 Å². The third-order valence-corrected chi connectivity index (χ3v) is 9.05. The number of benzene rings is 2. The molecule has 1 aliphatic heterocycles. The molecule has 1 amide bonds. The van der Waals surface area contributed by atoms with E-state index < -0.39 is 5.92 Å². The number of rotatable bonds is 8. The minimum Gasteiger partial charge on any atom is -0.493 e. The van der Waals surface area contributed by atoms with Gasteiger partial charge in [-0.1, -0.05) is 52.8 Å². The molecule has 8 heteroatoms. The standard InChI is InChI=1S/C35H41BrN2O5/c1-7-13-38-24-16-34(2,3)18-26(39)31(24)30(32-25(38)17-35(4,5)19-27(32)40)21-14-23(36)33(28(15-21)42-6)43-20-29(41)37-22-11-9-8-10-12-22/h8-12,14-15,30H,7,13,16-20H2,1-6H3,(H,37,41). The number of para-hydroxylation sites is 1. The molecule has 0 saturated heterocycles. The number of halogens is 1. The van der Waals surface area contributed by atoms with Crippen molar-refractivity contribution in [3.63, 3.8) is 0 Å². The van der Waals surface area contributed by atoms with Gasteiger partial charge in [-0.3, -0.25) is 14.4 Å². The van der Waals surface area contributed by atoms with Crippen LogP contribution in [0, 0.1) is 10.8 Å². The Balaban J connectivity index is 1.58. The summed E-state index contributed by atoms with van der Waals surface area (Å²) in [7, 11) is 1.55. The van der Waals surface area contributed by atoms with Crippen LogP contribution in [0.15, 0.2) is 69.5 Å². The SMILES string of the molecule is CCCN1C2=C(C(=O)CC(C)(C)C2)C(c2cc(Br)c(OCC(=O)Nc3ccccc3)c(OC)c2)C2=C1CC(C)(C)CC2=O. The van der Waals surface area contributed by atoms with E-state index in [1.807, 2.05) is 42.5 Å². The number of nitrogens with one attached hydrogen (secondary N) is 1. The van der Waals surface area contributed by atoms with Crippen molar-refractivity contribution in [2.75, 3.05) is 25.6 Å². The normalized spacial score (nSPS) is 19.7. The fraction of sp³-hybridized carbons (Fsp3) is 0.457. The van der Waals surface area contributed by atoms with Gasteiger partial charge < -0.3 is 19.7 Å². The molecule has 0 aromatic heterocycles. The van der Waals surface area contributed by atoms with Crippen LogP contribution in [0.4, 0.5) is 5.69 Å². The number of allylic oxidation sites excluding steroid dienone is 4. The van der Waals surface area contributed by atoms with E-state index in [1.54, 1.807) is 7.11 Å². The Hall–Kier alpha value is -3.39. The molecule has 0 spiro atoms. The Labute approximate surface area is 262 Å². The molecule has 7 nitrogen and oxygen atoms in total. The molecule has 2 aromatic rings. The lowest BCUT2D eigenvalue weighted by atomic mass is 9.63. The number of carbonyl (C=O) groups excluding carboxylic acids is 3. The average Bonchev–Trinajstić information content (AvgIpc) is 2.92. The minimum absolute atomic E-state index is 0.0922. The first-order valence-corrected chi connectivity index (χ1v) is 15.8. The zero-order valence-electron chi connectivity index (χ0n) is 25.9. The molecule has 0 atom stereocenters. The summed E-state index contributed by atoms with van der Waals surface area (Å²) in [5.74, 6) is 0.191. The van der Waals surface area contributed by atoms with Gasteiger partial charge in [0.25, 0.3) is 5.91 Å².